The van der Waals surface area contributed by atoms with Crippen LogP contribution in [0.1, 0.15) is 12.5 Å². The first-order valence-corrected chi connectivity index (χ1v) is 10.4. The number of hydrogen-bond acceptors (Lipinski definition) is 7. The molecule has 0 saturated carbocycles. The zero-order valence-electron chi connectivity index (χ0n) is 16.1. The molecule has 0 aliphatic heterocycles. The standard InChI is InChI=1S/C19H27N3O5S/c1-3-26-15-6-4-5-7-16(15)27-11-10-22-19(20)13-14-8-9-17(25-2)18(12-14)28(21,23)24/h4-9,12,19,22H,3,10-11,13,20H2,1-2H3,(H2,21,23,24)/t19-/m0/s1. The molecule has 0 aliphatic carbocycles. The van der Waals surface area contributed by atoms with Crippen LogP contribution in [-0.4, -0.2) is 41.5 Å². The van der Waals surface area contributed by atoms with Crippen molar-refractivity contribution in [3.8, 4) is 17.2 Å². The molecule has 0 spiro atoms. The molecule has 28 heavy (non-hydrogen) atoms. The number of sulfonamides is 1. The number of methoxy groups -OCH3 is 1. The Kier molecular flexibility index (Phi) is 8.06. The SMILES string of the molecule is CCOc1ccccc1OCCN[C@H](N)Cc1ccc(OC)c(S(N)(=O)=O)c1. The summed E-state index contributed by atoms with van der Waals surface area (Å²) in [7, 11) is -2.49. The van der Waals surface area contributed by atoms with Gasteiger partial charge in [0.05, 0.1) is 19.9 Å². The molecule has 0 heterocycles. The summed E-state index contributed by atoms with van der Waals surface area (Å²) in [5, 5.41) is 8.38. The second kappa shape index (κ2) is 10.3. The third-order valence-electron chi connectivity index (χ3n) is 3.91. The maximum Gasteiger partial charge on any atom is 0.241 e. The van der Waals surface area contributed by atoms with E-state index in [-0.39, 0.29) is 16.8 Å². The predicted molar refractivity (Wildman–Crippen MR) is 107 cm³/mol. The Balaban J connectivity index is 1.87. The van der Waals surface area contributed by atoms with Crippen molar-refractivity contribution in [1.29, 1.82) is 0 Å². The molecule has 0 aromatic heterocycles. The summed E-state index contributed by atoms with van der Waals surface area (Å²) in [6.07, 6.45) is 0.0367. The maximum atomic E-state index is 11.7. The quantitative estimate of drug-likeness (QED) is 0.376. The Labute approximate surface area is 165 Å². The van der Waals surface area contributed by atoms with Crippen molar-refractivity contribution in [2.45, 2.75) is 24.4 Å². The summed E-state index contributed by atoms with van der Waals surface area (Å²) in [4.78, 5) is -0.0597. The summed E-state index contributed by atoms with van der Waals surface area (Å²) in [5.41, 5.74) is 6.82. The molecule has 1 atom stereocenters. The van der Waals surface area contributed by atoms with E-state index in [1.807, 2.05) is 31.2 Å². The molecule has 0 saturated heterocycles. The Morgan fingerprint density at radius 2 is 1.75 bits per heavy atom. The largest absolute Gasteiger partial charge is 0.495 e. The molecular weight excluding hydrogens is 382 g/mol. The van der Waals surface area contributed by atoms with Crippen molar-refractivity contribution in [1.82, 2.24) is 5.32 Å². The van der Waals surface area contributed by atoms with E-state index >= 15 is 0 Å². The van der Waals surface area contributed by atoms with Crippen molar-refractivity contribution in [3.05, 3.63) is 48.0 Å². The highest BCUT2D eigenvalue weighted by Gasteiger charge is 2.16. The number of benzene rings is 2. The Bertz CT molecular complexity index is 874. The zero-order chi connectivity index (χ0) is 20.6. The van der Waals surface area contributed by atoms with Crippen LogP contribution in [0.5, 0.6) is 17.2 Å². The molecule has 0 fully saturated rings. The first-order valence-electron chi connectivity index (χ1n) is 8.88. The molecule has 0 bridgehead atoms. The monoisotopic (exact) mass is 409 g/mol. The number of primary sulfonamides is 1. The van der Waals surface area contributed by atoms with Gasteiger partial charge in [-0.05, 0) is 36.8 Å². The zero-order valence-corrected chi connectivity index (χ0v) is 16.9. The molecule has 0 aliphatic rings. The Morgan fingerprint density at radius 3 is 2.36 bits per heavy atom. The van der Waals surface area contributed by atoms with Crippen molar-refractivity contribution in [2.75, 3.05) is 26.9 Å². The summed E-state index contributed by atoms with van der Waals surface area (Å²) in [6, 6.07) is 12.3. The second-order valence-corrected chi connectivity index (χ2v) is 7.55. The first-order chi connectivity index (χ1) is 13.3. The summed E-state index contributed by atoms with van der Waals surface area (Å²) >= 11 is 0. The highest BCUT2D eigenvalue weighted by Crippen LogP contribution is 2.26. The topological polar surface area (TPSA) is 126 Å². The van der Waals surface area contributed by atoms with Crippen LogP contribution in [0.2, 0.25) is 0 Å². The van der Waals surface area contributed by atoms with Gasteiger partial charge in [0.25, 0.3) is 0 Å². The maximum absolute atomic E-state index is 11.7. The molecule has 0 amide bonds. The van der Waals surface area contributed by atoms with Crippen molar-refractivity contribution < 1.29 is 22.6 Å². The predicted octanol–water partition coefficient (Wildman–Crippen LogP) is 1.24. The minimum absolute atomic E-state index is 0.0597. The fourth-order valence-corrected chi connectivity index (χ4v) is 3.39. The smallest absolute Gasteiger partial charge is 0.241 e. The molecule has 2 aromatic carbocycles. The van der Waals surface area contributed by atoms with Gasteiger partial charge in [-0.15, -0.1) is 0 Å². The molecule has 8 nitrogen and oxygen atoms in total. The number of nitrogens with one attached hydrogen (secondary N) is 1. The average molecular weight is 410 g/mol. The van der Waals surface area contributed by atoms with E-state index < -0.39 is 10.0 Å². The van der Waals surface area contributed by atoms with Crippen LogP contribution >= 0.6 is 0 Å². The van der Waals surface area contributed by atoms with Crippen LogP contribution in [0, 0.1) is 0 Å². The van der Waals surface area contributed by atoms with Crippen LogP contribution in [-0.2, 0) is 16.4 Å². The second-order valence-electron chi connectivity index (χ2n) is 6.02. The summed E-state index contributed by atoms with van der Waals surface area (Å²) < 4.78 is 39.7. The number of hydrogen-bond donors (Lipinski definition) is 3. The van der Waals surface area contributed by atoms with E-state index in [0.717, 1.165) is 5.56 Å². The van der Waals surface area contributed by atoms with Gasteiger partial charge in [-0.1, -0.05) is 18.2 Å². The van der Waals surface area contributed by atoms with Gasteiger partial charge >= 0.3 is 0 Å². The Hall–Kier alpha value is -2.33. The minimum atomic E-state index is -3.88. The summed E-state index contributed by atoms with van der Waals surface area (Å²) in [6.45, 7) is 3.40. The lowest BCUT2D eigenvalue weighted by Gasteiger charge is -2.16. The van der Waals surface area contributed by atoms with Gasteiger partial charge in [0.2, 0.25) is 10.0 Å². The van der Waals surface area contributed by atoms with Crippen LogP contribution in [0.15, 0.2) is 47.4 Å². The van der Waals surface area contributed by atoms with Crippen molar-refractivity contribution >= 4 is 10.0 Å². The van der Waals surface area contributed by atoms with E-state index in [4.69, 9.17) is 25.1 Å². The third kappa shape index (κ3) is 6.38. The third-order valence-corrected chi connectivity index (χ3v) is 4.84. The van der Waals surface area contributed by atoms with E-state index in [1.165, 1.54) is 13.2 Å². The van der Waals surface area contributed by atoms with E-state index in [0.29, 0.717) is 37.7 Å². The van der Waals surface area contributed by atoms with Gasteiger partial charge in [0, 0.05) is 13.0 Å². The number of ether oxygens (including phenoxy) is 3. The van der Waals surface area contributed by atoms with E-state index in [2.05, 4.69) is 5.32 Å². The lowest BCUT2D eigenvalue weighted by molar-refractivity contribution is 0.272. The van der Waals surface area contributed by atoms with Crippen molar-refractivity contribution in [2.24, 2.45) is 10.9 Å². The van der Waals surface area contributed by atoms with Crippen molar-refractivity contribution in [3.63, 3.8) is 0 Å². The van der Waals surface area contributed by atoms with Gasteiger partial charge < -0.3 is 19.9 Å². The van der Waals surface area contributed by atoms with Crippen LogP contribution in [0.25, 0.3) is 0 Å². The van der Waals surface area contributed by atoms with Gasteiger partial charge in [-0.3, -0.25) is 5.32 Å². The lowest BCUT2D eigenvalue weighted by atomic mass is 10.1. The molecule has 5 N–H and O–H groups in total. The van der Waals surface area contributed by atoms with Crippen LogP contribution < -0.4 is 30.4 Å². The first kappa shape index (κ1) is 22.0. The van der Waals surface area contributed by atoms with Gasteiger partial charge in [0.15, 0.2) is 11.5 Å². The molecule has 2 rings (SSSR count). The molecule has 0 radical (unpaired) electrons. The number of nitrogens with two attached hydrogens (primary N) is 2. The molecular formula is C19H27N3O5S. The average Bonchev–Trinajstić information content (AvgIpc) is 2.66. The number of para-hydroxylation sites is 2. The molecule has 9 heteroatoms. The van der Waals surface area contributed by atoms with Crippen LogP contribution in [0.3, 0.4) is 0 Å². The van der Waals surface area contributed by atoms with Gasteiger partial charge in [-0.25, -0.2) is 13.6 Å². The fraction of sp³-hybridized carbons (Fsp3) is 0.368. The Morgan fingerprint density at radius 1 is 1.07 bits per heavy atom. The van der Waals surface area contributed by atoms with Gasteiger partial charge in [0.1, 0.15) is 17.3 Å². The molecule has 154 valence electrons. The highest BCUT2D eigenvalue weighted by atomic mass is 32.2. The molecule has 2 aromatic rings. The number of rotatable bonds is 11. The van der Waals surface area contributed by atoms with E-state index in [9.17, 15) is 8.42 Å². The summed E-state index contributed by atoms with van der Waals surface area (Å²) in [5.74, 6) is 1.57. The normalized spacial score (nSPS) is 12.4. The van der Waals surface area contributed by atoms with Crippen LogP contribution in [0.4, 0.5) is 0 Å². The van der Waals surface area contributed by atoms with E-state index in [1.54, 1.807) is 12.1 Å². The van der Waals surface area contributed by atoms with Gasteiger partial charge in [-0.2, -0.15) is 0 Å². The molecule has 0 unspecified atom stereocenters. The fourth-order valence-electron chi connectivity index (χ4n) is 2.65. The lowest BCUT2D eigenvalue weighted by Crippen LogP contribution is -2.41. The highest BCUT2D eigenvalue weighted by molar-refractivity contribution is 7.89. The minimum Gasteiger partial charge on any atom is -0.495 e.